The van der Waals surface area contributed by atoms with E-state index < -0.39 is 27.5 Å². The fraction of sp³-hybridized carbons (Fsp3) is 0.304. The maximum atomic E-state index is 13.0. The highest BCUT2D eigenvalue weighted by molar-refractivity contribution is 7.89. The zero-order valence-electron chi connectivity index (χ0n) is 19.2. The van der Waals surface area contributed by atoms with Crippen LogP contribution in [0, 0.1) is 0 Å². The van der Waals surface area contributed by atoms with Crippen LogP contribution in [0.25, 0.3) is 0 Å². The molecule has 35 heavy (non-hydrogen) atoms. The molecule has 2 N–H and O–H groups in total. The van der Waals surface area contributed by atoms with Crippen LogP contribution in [0.5, 0.6) is 0 Å². The number of sulfonamides is 1. The summed E-state index contributed by atoms with van der Waals surface area (Å²) in [6.07, 6.45) is 3.99. The van der Waals surface area contributed by atoms with E-state index in [1.807, 2.05) is 19.1 Å². The largest absolute Gasteiger partial charge is 0.324 e. The maximum absolute atomic E-state index is 13.0. The second-order valence-electron chi connectivity index (χ2n) is 7.61. The highest BCUT2D eigenvalue weighted by atomic mass is 35.5. The second kappa shape index (κ2) is 11.8. The van der Waals surface area contributed by atoms with Crippen molar-refractivity contribution in [3.63, 3.8) is 0 Å². The quantitative estimate of drug-likeness (QED) is 0.407. The monoisotopic (exact) mass is 537 g/mol. The Morgan fingerprint density at radius 1 is 1.17 bits per heavy atom. The molecule has 9 nitrogen and oxygen atoms in total. The van der Waals surface area contributed by atoms with Crippen LogP contribution < -0.4 is 15.6 Å². The molecule has 0 aliphatic heterocycles. The third kappa shape index (κ3) is 6.46. The third-order valence-corrected chi connectivity index (χ3v) is 7.58. The predicted molar refractivity (Wildman–Crippen MR) is 135 cm³/mol. The number of rotatable bonds is 10. The summed E-state index contributed by atoms with van der Waals surface area (Å²) in [5.74, 6) is -0.545. The summed E-state index contributed by atoms with van der Waals surface area (Å²) < 4.78 is 29.6. The lowest BCUT2D eigenvalue weighted by molar-refractivity contribution is -0.119. The lowest BCUT2D eigenvalue weighted by atomic mass is 10.1. The molecule has 0 saturated carbocycles. The van der Waals surface area contributed by atoms with Crippen molar-refractivity contribution < 1.29 is 13.2 Å². The molecule has 0 spiro atoms. The van der Waals surface area contributed by atoms with E-state index in [0.717, 1.165) is 10.4 Å². The van der Waals surface area contributed by atoms with E-state index in [1.165, 1.54) is 12.3 Å². The van der Waals surface area contributed by atoms with Crippen molar-refractivity contribution in [3.05, 3.63) is 80.4 Å². The molecule has 2 heterocycles. The summed E-state index contributed by atoms with van der Waals surface area (Å²) in [5, 5.41) is 6.37. The Balaban J connectivity index is 1.81. The van der Waals surface area contributed by atoms with Gasteiger partial charge in [-0.05, 0) is 42.7 Å². The van der Waals surface area contributed by atoms with Gasteiger partial charge in [0.05, 0.1) is 16.1 Å². The zero-order valence-corrected chi connectivity index (χ0v) is 21.5. The van der Waals surface area contributed by atoms with E-state index in [2.05, 4.69) is 20.1 Å². The second-order valence-corrected chi connectivity index (χ2v) is 10.1. The predicted octanol–water partition coefficient (Wildman–Crippen LogP) is 3.62. The van der Waals surface area contributed by atoms with Gasteiger partial charge in [0.2, 0.25) is 15.9 Å². The molecular weight excluding hydrogens is 513 g/mol. The molecule has 1 amide bonds. The Hall–Kier alpha value is -2.79. The standard InChI is InChI=1S/C23H25Cl2N5O4S/c1-3-15-8-9-17(13-20(15)35(33,34)28-12-10-16-7-5-6-11-26-16)29-22(31)19(4-2)30-23(32)21(25)18(24)14-27-30/h5-9,11,13-14,19,28H,3-4,10,12H2,1-2H3,(H,29,31). The van der Waals surface area contributed by atoms with Gasteiger partial charge >= 0.3 is 0 Å². The Kier molecular flexibility index (Phi) is 9.01. The number of benzene rings is 1. The molecule has 0 saturated heterocycles. The average Bonchev–Trinajstić information content (AvgIpc) is 2.85. The molecule has 1 aromatic carbocycles. The van der Waals surface area contributed by atoms with Crippen LogP contribution in [0.4, 0.5) is 5.69 Å². The summed E-state index contributed by atoms with van der Waals surface area (Å²) in [7, 11) is -3.86. The third-order valence-electron chi connectivity index (χ3n) is 5.29. The summed E-state index contributed by atoms with van der Waals surface area (Å²) in [6.45, 7) is 3.72. The highest BCUT2D eigenvalue weighted by Gasteiger charge is 2.24. The average molecular weight is 538 g/mol. The Morgan fingerprint density at radius 3 is 2.60 bits per heavy atom. The van der Waals surface area contributed by atoms with Crippen molar-refractivity contribution in [2.75, 3.05) is 11.9 Å². The number of halogens is 2. The van der Waals surface area contributed by atoms with Crippen LogP contribution in [0.1, 0.15) is 37.6 Å². The summed E-state index contributed by atoms with van der Waals surface area (Å²) in [6, 6.07) is 9.13. The van der Waals surface area contributed by atoms with Gasteiger partial charge < -0.3 is 5.32 Å². The molecule has 2 aromatic heterocycles. The van der Waals surface area contributed by atoms with Crippen molar-refractivity contribution in [1.82, 2.24) is 19.5 Å². The first kappa shape index (κ1) is 26.8. The Labute approximate surface area is 213 Å². The van der Waals surface area contributed by atoms with Crippen molar-refractivity contribution in [2.45, 2.75) is 44.0 Å². The van der Waals surface area contributed by atoms with Gasteiger partial charge in [-0.15, -0.1) is 0 Å². The van der Waals surface area contributed by atoms with Crippen LogP contribution in [-0.2, 0) is 27.7 Å². The molecule has 1 atom stereocenters. The van der Waals surface area contributed by atoms with E-state index in [9.17, 15) is 18.0 Å². The van der Waals surface area contributed by atoms with Gasteiger partial charge in [-0.2, -0.15) is 5.10 Å². The van der Waals surface area contributed by atoms with Crippen LogP contribution in [0.2, 0.25) is 10.0 Å². The van der Waals surface area contributed by atoms with E-state index in [-0.39, 0.29) is 33.6 Å². The van der Waals surface area contributed by atoms with E-state index in [1.54, 1.807) is 31.3 Å². The highest BCUT2D eigenvalue weighted by Crippen LogP contribution is 2.23. The topological polar surface area (TPSA) is 123 Å². The van der Waals surface area contributed by atoms with Crippen molar-refractivity contribution in [3.8, 4) is 0 Å². The fourth-order valence-electron chi connectivity index (χ4n) is 3.45. The molecular formula is C23H25Cl2N5O4S. The smallest absolute Gasteiger partial charge is 0.287 e. The van der Waals surface area contributed by atoms with Crippen LogP contribution in [0.15, 0.2) is 58.5 Å². The van der Waals surface area contributed by atoms with Gasteiger partial charge in [-0.25, -0.2) is 17.8 Å². The van der Waals surface area contributed by atoms with Crippen LogP contribution in [0.3, 0.4) is 0 Å². The molecule has 12 heteroatoms. The maximum Gasteiger partial charge on any atom is 0.287 e. The normalized spacial score (nSPS) is 12.3. The van der Waals surface area contributed by atoms with Gasteiger partial charge in [-0.1, -0.05) is 49.2 Å². The van der Waals surface area contributed by atoms with Gasteiger partial charge in [-0.3, -0.25) is 14.6 Å². The van der Waals surface area contributed by atoms with Gasteiger partial charge in [0.25, 0.3) is 5.56 Å². The minimum atomic E-state index is -3.86. The molecule has 3 rings (SSSR count). The number of hydrogen-bond donors (Lipinski definition) is 2. The SMILES string of the molecule is CCc1ccc(NC(=O)C(CC)n2ncc(Cl)c(Cl)c2=O)cc1S(=O)(=O)NCCc1ccccn1. The number of aryl methyl sites for hydroxylation is 1. The van der Waals surface area contributed by atoms with Gasteiger partial charge in [0.15, 0.2) is 0 Å². The molecule has 1 unspecified atom stereocenters. The summed E-state index contributed by atoms with van der Waals surface area (Å²) in [5.41, 5.74) is 0.943. The minimum Gasteiger partial charge on any atom is -0.324 e. The number of nitrogens with zero attached hydrogens (tertiary/aromatic N) is 3. The number of carbonyl (C=O) groups is 1. The number of hydrogen-bond acceptors (Lipinski definition) is 6. The van der Waals surface area contributed by atoms with E-state index >= 15 is 0 Å². The number of carbonyl (C=O) groups excluding carboxylic acids is 1. The molecule has 3 aromatic rings. The van der Waals surface area contributed by atoms with Crippen LogP contribution >= 0.6 is 23.2 Å². The van der Waals surface area contributed by atoms with Crippen molar-refractivity contribution >= 4 is 44.8 Å². The summed E-state index contributed by atoms with van der Waals surface area (Å²) in [4.78, 5) is 29.7. The van der Waals surface area contributed by atoms with Crippen LogP contribution in [-0.4, -0.2) is 35.6 Å². The van der Waals surface area contributed by atoms with E-state index in [4.69, 9.17) is 23.2 Å². The minimum absolute atomic E-state index is 0.0104. The fourth-order valence-corrected chi connectivity index (χ4v) is 5.08. The van der Waals surface area contributed by atoms with Crippen molar-refractivity contribution in [2.24, 2.45) is 0 Å². The molecule has 0 bridgehead atoms. The zero-order chi connectivity index (χ0) is 25.6. The molecule has 186 valence electrons. The lowest BCUT2D eigenvalue weighted by Gasteiger charge is -2.18. The number of amides is 1. The van der Waals surface area contributed by atoms with E-state index in [0.29, 0.717) is 18.4 Å². The first-order valence-corrected chi connectivity index (χ1v) is 13.2. The van der Waals surface area contributed by atoms with Gasteiger partial charge in [0.1, 0.15) is 11.1 Å². The molecule has 0 radical (unpaired) electrons. The lowest BCUT2D eigenvalue weighted by Crippen LogP contribution is -2.35. The summed E-state index contributed by atoms with van der Waals surface area (Å²) >= 11 is 11.7. The molecule has 0 fully saturated rings. The molecule has 0 aliphatic carbocycles. The number of pyridine rings is 1. The van der Waals surface area contributed by atoms with Crippen molar-refractivity contribution in [1.29, 1.82) is 0 Å². The number of aromatic nitrogens is 3. The Bertz CT molecular complexity index is 1360. The number of anilines is 1. The van der Waals surface area contributed by atoms with Gasteiger partial charge in [0, 0.05) is 30.5 Å². The Morgan fingerprint density at radius 2 is 1.94 bits per heavy atom. The number of nitrogens with one attached hydrogen (secondary N) is 2. The first-order valence-electron chi connectivity index (χ1n) is 10.9. The first-order chi connectivity index (χ1) is 16.7. The molecule has 0 aliphatic rings.